The summed E-state index contributed by atoms with van der Waals surface area (Å²) in [6, 6.07) is 14.3. The number of amides is 1. The fraction of sp³-hybridized carbons (Fsp3) is 0.158. The number of methoxy groups -OCH3 is 1. The molecule has 0 spiro atoms. The van der Waals surface area contributed by atoms with Crippen molar-refractivity contribution in [2.24, 2.45) is 0 Å². The second-order valence-corrected chi connectivity index (χ2v) is 6.10. The zero-order chi connectivity index (χ0) is 18.2. The lowest BCUT2D eigenvalue weighted by Crippen LogP contribution is -2.29. The van der Waals surface area contributed by atoms with Gasteiger partial charge in [-0.3, -0.25) is 4.79 Å². The lowest BCUT2D eigenvalue weighted by Gasteiger charge is -2.12. The first-order valence-corrected chi connectivity index (χ1v) is 8.36. The van der Waals surface area contributed by atoms with Crippen LogP contribution in [0.1, 0.15) is 12.5 Å². The third kappa shape index (κ3) is 6.08. The Bertz CT molecular complexity index is 754. The summed E-state index contributed by atoms with van der Waals surface area (Å²) >= 11 is 3.32. The van der Waals surface area contributed by atoms with Crippen LogP contribution in [-0.4, -0.2) is 25.1 Å². The van der Waals surface area contributed by atoms with E-state index in [1.807, 2.05) is 24.3 Å². The molecule has 0 bridgehead atoms. The van der Waals surface area contributed by atoms with E-state index in [0.717, 1.165) is 15.8 Å². The van der Waals surface area contributed by atoms with Gasteiger partial charge in [0.15, 0.2) is 6.10 Å². The quantitative estimate of drug-likeness (QED) is 0.583. The summed E-state index contributed by atoms with van der Waals surface area (Å²) in [7, 11) is 1.59. The van der Waals surface area contributed by atoms with Gasteiger partial charge < -0.3 is 14.8 Å². The van der Waals surface area contributed by atoms with Crippen molar-refractivity contribution in [2.75, 3.05) is 12.4 Å². The molecule has 0 aliphatic heterocycles. The number of rotatable bonds is 6. The fourth-order valence-corrected chi connectivity index (χ4v) is 2.19. The van der Waals surface area contributed by atoms with E-state index in [0.29, 0.717) is 5.69 Å². The molecule has 0 aliphatic rings. The van der Waals surface area contributed by atoms with E-state index in [9.17, 15) is 9.59 Å². The molecule has 1 amide bonds. The average Bonchev–Trinajstić information content (AvgIpc) is 2.62. The van der Waals surface area contributed by atoms with Crippen LogP contribution in [0, 0.1) is 0 Å². The second kappa shape index (κ2) is 9.03. The number of nitrogens with one attached hydrogen (secondary N) is 1. The normalized spacial score (nSPS) is 11.8. The Kier molecular flexibility index (Phi) is 6.77. The Labute approximate surface area is 154 Å². The smallest absolute Gasteiger partial charge is 0.331 e. The molecule has 0 fully saturated rings. The van der Waals surface area contributed by atoms with Crippen molar-refractivity contribution in [3.8, 4) is 5.75 Å². The number of esters is 1. The molecule has 25 heavy (non-hydrogen) atoms. The maximum atomic E-state index is 12.0. The number of hydrogen-bond acceptors (Lipinski definition) is 4. The lowest BCUT2D eigenvalue weighted by atomic mass is 10.2. The van der Waals surface area contributed by atoms with Gasteiger partial charge in [-0.2, -0.15) is 0 Å². The highest BCUT2D eigenvalue weighted by Gasteiger charge is 2.16. The lowest BCUT2D eigenvalue weighted by molar-refractivity contribution is -0.148. The van der Waals surface area contributed by atoms with E-state index < -0.39 is 18.0 Å². The summed E-state index contributed by atoms with van der Waals surface area (Å²) in [5.74, 6) is -0.249. The molecule has 2 aromatic carbocycles. The standard InChI is InChI=1S/C19H18BrNO4/c1-13(19(23)21-16-8-6-15(20)7-9-16)25-18(22)12-5-14-3-10-17(24-2)11-4-14/h3-13H,1-2H3,(H,21,23)/b12-5+. The number of hydrogen-bond donors (Lipinski definition) is 1. The number of ether oxygens (including phenoxy) is 2. The molecule has 0 aromatic heterocycles. The molecule has 1 atom stereocenters. The third-order valence-electron chi connectivity index (χ3n) is 3.30. The van der Waals surface area contributed by atoms with Crippen molar-refractivity contribution in [1.29, 1.82) is 0 Å². The van der Waals surface area contributed by atoms with Crippen LogP contribution in [0.25, 0.3) is 6.08 Å². The van der Waals surface area contributed by atoms with Gasteiger partial charge in [-0.1, -0.05) is 28.1 Å². The summed E-state index contributed by atoms with van der Waals surface area (Å²) in [5.41, 5.74) is 1.45. The summed E-state index contributed by atoms with van der Waals surface area (Å²) in [5, 5.41) is 2.69. The maximum Gasteiger partial charge on any atom is 0.331 e. The van der Waals surface area contributed by atoms with Gasteiger partial charge in [-0.15, -0.1) is 0 Å². The SMILES string of the molecule is COc1ccc(/C=C/C(=O)OC(C)C(=O)Nc2ccc(Br)cc2)cc1. The molecule has 0 heterocycles. The molecule has 0 aliphatic carbocycles. The number of halogens is 1. The van der Waals surface area contributed by atoms with Crippen LogP contribution in [0.2, 0.25) is 0 Å². The van der Waals surface area contributed by atoms with Gasteiger partial charge in [0, 0.05) is 16.2 Å². The van der Waals surface area contributed by atoms with Crippen molar-refractivity contribution < 1.29 is 19.1 Å². The predicted octanol–water partition coefficient (Wildman–Crippen LogP) is 4.04. The third-order valence-corrected chi connectivity index (χ3v) is 3.83. The molecule has 2 rings (SSSR count). The molecule has 1 N–H and O–H groups in total. The molecule has 5 nitrogen and oxygen atoms in total. The molecule has 1 unspecified atom stereocenters. The van der Waals surface area contributed by atoms with E-state index in [2.05, 4.69) is 21.2 Å². The Morgan fingerprint density at radius 2 is 1.72 bits per heavy atom. The van der Waals surface area contributed by atoms with Gasteiger partial charge >= 0.3 is 5.97 Å². The van der Waals surface area contributed by atoms with Gasteiger partial charge in [0.05, 0.1) is 7.11 Å². The molecular formula is C19H18BrNO4. The number of benzene rings is 2. The Morgan fingerprint density at radius 3 is 2.32 bits per heavy atom. The summed E-state index contributed by atoms with van der Waals surface area (Å²) in [6.45, 7) is 1.52. The van der Waals surface area contributed by atoms with Gasteiger partial charge in [0.2, 0.25) is 0 Å². The topological polar surface area (TPSA) is 64.6 Å². The minimum atomic E-state index is -0.906. The number of carbonyl (C=O) groups excluding carboxylic acids is 2. The summed E-state index contributed by atoms with van der Waals surface area (Å²) < 4.78 is 11.1. The molecular weight excluding hydrogens is 386 g/mol. The van der Waals surface area contributed by atoms with Crippen LogP contribution in [-0.2, 0) is 14.3 Å². The van der Waals surface area contributed by atoms with Gasteiger partial charge in [0.25, 0.3) is 5.91 Å². The summed E-state index contributed by atoms with van der Waals surface area (Å²) in [6.07, 6.45) is 1.99. The van der Waals surface area contributed by atoms with E-state index in [4.69, 9.17) is 9.47 Å². The van der Waals surface area contributed by atoms with Crippen LogP contribution in [0.5, 0.6) is 5.75 Å². The van der Waals surface area contributed by atoms with Crippen molar-refractivity contribution in [3.63, 3.8) is 0 Å². The zero-order valence-corrected chi connectivity index (χ0v) is 15.4. The molecule has 2 aromatic rings. The highest BCUT2D eigenvalue weighted by Crippen LogP contribution is 2.15. The summed E-state index contributed by atoms with van der Waals surface area (Å²) in [4.78, 5) is 23.9. The zero-order valence-electron chi connectivity index (χ0n) is 13.9. The fourth-order valence-electron chi connectivity index (χ4n) is 1.92. The van der Waals surface area contributed by atoms with Crippen LogP contribution in [0.15, 0.2) is 59.1 Å². The van der Waals surface area contributed by atoms with Gasteiger partial charge in [0.1, 0.15) is 5.75 Å². The van der Waals surface area contributed by atoms with Crippen LogP contribution >= 0.6 is 15.9 Å². The Balaban J connectivity index is 1.86. The molecule has 0 saturated heterocycles. The highest BCUT2D eigenvalue weighted by atomic mass is 79.9. The van der Waals surface area contributed by atoms with Crippen LogP contribution in [0.3, 0.4) is 0 Å². The first-order valence-electron chi connectivity index (χ1n) is 7.57. The number of anilines is 1. The maximum absolute atomic E-state index is 12.0. The highest BCUT2D eigenvalue weighted by molar-refractivity contribution is 9.10. The molecule has 130 valence electrons. The molecule has 0 saturated carbocycles. The van der Waals surface area contributed by atoms with E-state index in [-0.39, 0.29) is 0 Å². The first-order chi connectivity index (χ1) is 12.0. The van der Waals surface area contributed by atoms with Crippen molar-refractivity contribution in [1.82, 2.24) is 0 Å². The Hall–Kier alpha value is -2.60. The first kappa shape index (κ1) is 18.7. The van der Waals surface area contributed by atoms with E-state index in [1.165, 1.54) is 13.0 Å². The largest absolute Gasteiger partial charge is 0.497 e. The Morgan fingerprint density at radius 1 is 1.08 bits per heavy atom. The minimum Gasteiger partial charge on any atom is -0.497 e. The molecule has 6 heteroatoms. The van der Waals surface area contributed by atoms with Crippen molar-refractivity contribution >= 4 is 39.6 Å². The van der Waals surface area contributed by atoms with Crippen LogP contribution < -0.4 is 10.1 Å². The van der Waals surface area contributed by atoms with Gasteiger partial charge in [-0.05, 0) is 55.0 Å². The van der Waals surface area contributed by atoms with Gasteiger partial charge in [-0.25, -0.2) is 4.79 Å². The second-order valence-electron chi connectivity index (χ2n) is 5.18. The van der Waals surface area contributed by atoms with E-state index >= 15 is 0 Å². The average molecular weight is 404 g/mol. The van der Waals surface area contributed by atoms with Crippen molar-refractivity contribution in [3.05, 3.63) is 64.6 Å². The van der Waals surface area contributed by atoms with E-state index in [1.54, 1.807) is 37.5 Å². The van der Waals surface area contributed by atoms with Crippen LogP contribution in [0.4, 0.5) is 5.69 Å². The molecule has 0 radical (unpaired) electrons. The van der Waals surface area contributed by atoms with Crippen molar-refractivity contribution in [2.45, 2.75) is 13.0 Å². The predicted molar refractivity (Wildman–Crippen MR) is 100 cm³/mol. The monoisotopic (exact) mass is 403 g/mol. The number of carbonyl (C=O) groups is 2. The minimum absolute atomic E-state index is 0.395.